The van der Waals surface area contributed by atoms with Crippen molar-refractivity contribution in [3.05, 3.63) is 88.2 Å². The number of hydrogen-bond donors (Lipinski definition) is 1. The van der Waals surface area contributed by atoms with Crippen molar-refractivity contribution in [1.29, 1.82) is 0 Å². The number of rotatable bonds is 7. The minimum atomic E-state index is -0.167. The average molecular weight is 445 g/mol. The van der Waals surface area contributed by atoms with Crippen molar-refractivity contribution in [2.75, 3.05) is 12.4 Å². The fourth-order valence-corrected chi connectivity index (χ4v) is 4.25. The van der Waals surface area contributed by atoms with Gasteiger partial charge in [-0.1, -0.05) is 31.2 Å². The first-order valence-electron chi connectivity index (χ1n) is 10.4. The summed E-state index contributed by atoms with van der Waals surface area (Å²) in [6, 6.07) is 22.3. The first kappa shape index (κ1) is 21.6. The van der Waals surface area contributed by atoms with Gasteiger partial charge < -0.3 is 14.8 Å². The van der Waals surface area contributed by atoms with Crippen LogP contribution in [0.5, 0.6) is 17.2 Å². The smallest absolute Gasteiger partial charge is 0.255 e. The molecule has 0 saturated carbocycles. The van der Waals surface area contributed by atoms with Crippen molar-refractivity contribution in [2.45, 2.75) is 20.3 Å². The minimum Gasteiger partial charge on any atom is -0.493 e. The van der Waals surface area contributed by atoms with Gasteiger partial charge in [0.15, 0.2) is 11.5 Å². The van der Waals surface area contributed by atoms with Crippen molar-refractivity contribution >= 4 is 22.9 Å². The number of methoxy groups -OCH3 is 1. The van der Waals surface area contributed by atoms with Gasteiger partial charge >= 0.3 is 0 Å². The van der Waals surface area contributed by atoms with Gasteiger partial charge in [0.1, 0.15) is 5.75 Å². The number of carbonyl (C=O) groups excluding carboxylic acids is 1. The Labute approximate surface area is 191 Å². The van der Waals surface area contributed by atoms with Gasteiger partial charge in [0.25, 0.3) is 5.91 Å². The first-order chi connectivity index (χ1) is 15.6. The maximum Gasteiger partial charge on any atom is 0.255 e. The summed E-state index contributed by atoms with van der Waals surface area (Å²) in [5, 5.41) is 3.98. The number of para-hydroxylation sites is 2. The van der Waals surface area contributed by atoms with Crippen molar-refractivity contribution in [3.8, 4) is 28.5 Å². The monoisotopic (exact) mass is 444 g/mol. The van der Waals surface area contributed by atoms with E-state index < -0.39 is 0 Å². The summed E-state index contributed by atoms with van der Waals surface area (Å²) in [4.78, 5) is 18.6. The zero-order valence-electron chi connectivity index (χ0n) is 18.2. The Kier molecular flexibility index (Phi) is 6.52. The molecule has 4 aromatic rings. The van der Waals surface area contributed by atoms with Crippen LogP contribution in [0, 0.1) is 6.92 Å². The van der Waals surface area contributed by atoms with Gasteiger partial charge in [0, 0.05) is 21.7 Å². The number of amides is 1. The molecule has 0 spiro atoms. The molecule has 0 atom stereocenters. The fraction of sp³-hybridized carbons (Fsp3) is 0.154. The number of ether oxygens (including phenoxy) is 2. The van der Waals surface area contributed by atoms with Crippen LogP contribution < -0.4 is 14.8 Å². The highest BCUT2D eigenvalue weighted by Crippen LogP contribution is 2.32. The minimum absolute atomic E-state index is 0.167. The molecule has 32 heavy (non-hydrogen) atoms. The van der Waals surface area contributed by atoms with Crippen LogP contribution in [-0.2, 0) is 6.42 Å². The van der Waals surface area contributed by atoms with Gasteiger partial charge in [0.2, 0.25) is 0 Å². The molecule has 3 aromatic carbocycles. The number of hydrogen-bond acceptors (Lipinski definition) is 5. The summed E-state index contributed by atoms with van der Waals surface area (Å²) in [6.45, 7) is 4.15. The predicted molar refractivity (Wildman–Crippen MR) is 129 cm³/mol. The number of nitrogens with zero attached hydrogens (tertiary/aromatic N) is 1. The number of thiazole rings is 1. The Morgan fingerprint density at radius 2 is 1.66 bits per heavy atom. The summed E-state index contributed by atoms with van der Waals surface area (Å²) in [6.07, 6.45) is 0.944. The van der Waals surface area contributed by atoms with Crippen molar-refractivity contribution in [3.63, 3.8) is 0 Å². The third kappa shape index (κ3) is 4.81. The molecule has 0 radical (unpaired) electrons. The van der Waals surface area contributed by atoms with E-state index in [0.717, 1.165) is 22.7 Å². The predicted octanol–water partition coefficient (Wildman–Crippen LogP) is 6.73. The van der Waals surface area contributed by atoms with Gasteiger partial charge in [-0.25, -0.2) is 4.98 Å². The van der Waals surface area contributed by atoms with Crippen LogP contribution in [-0.4, -0.2) is 18.0 Å². The lowest BCUT2D eigenvalue weighted by molar-refractivity contribution is 0.102. The molecule has 5 nitrogen and oxygen atoms in total. The Bertz CT molecular complexity index is 1210. The highest BCUT2D eigenvalue weighted by molar-refractivity contribution is 7.12. The second-order valence-electron chi connectivity index (χ2n) is 7.17. The Hall–Kier alpha value is -3.64. The molecule has 0 fully saturated rings. The number of aromatic nitrogens is 1. The van der Waals surface area contributed by atoms with Crippen molar-refractivity contribution < 1.29 is 14.3 Å². The van der Waals surface area contributed by atoms with E-state index in [-0.39, 0.29) is 5.91 Å². The topological polar surface area (TPSA) is 60.5 Å². The lowest BCUT2D eigenvalue weighted by atomic mass is 10.1. The van der Waals surface area contributed by atoms with Crippen LogP contribution in [0.3, 0.4) is 0 Å². The number of benzene rings is 3. The molecule has 0 bridgehead atoms. The average Bonchev–Trinajstić information content (AvgIpc) is 3.21. The summed E-state index contributed by atoms with van der Waals surface area (Å²) < 4.78 is 11.2. The Balaban J connectivity index is 1.42. The Morgan fingerprint density at radius 3 is 2.31 bits per heavy atom. The zero-order chi connectivity index (χ0) is 22.5. The summed E-state index contributed by atoms with van der Waals surface area (Å²) >= 11 is 1.72. The standard InChI is InChI=1S/C26H24N2O3S/c1-4-24-25(27-17(2)32-24)18-9-11-19(12-10-18)26(29)28-20-13-15-21(16-14-20)31-23-8-6-5-7-22(23)30-3/h5-16H,4H2,1-3H3,(H,28,29). The molecule has 1 amide bonds. The molecule has 1 aromatic heterocycles. The van der Waals surface area contributed by atoms with Crippen molar-refractivity contribution in [1.82, 2.24) is 4.98 Å². The fourth-order valence-electron chi connectivity index (χ4n) is 3.35. The van der Waals surface area contributed by atoms with Gasteiger partial charge in [-0.2, -0.15) is 0 Å². The molecule has 0 unspecified atom stereocenters. The number of nitrogens with one attached hydrogen (secondary N) is 1. The number of aryl methyl sites for hydroxylation is 2. The largest absolute Gasteiger partial charge is 0.493 e. The third-order valence-corrected chi connectivity index (χ3v) is 6.07. The molecular formula is C26H24N2O3S. The van der Waals surface area contributed by atoms with Gasteiger partial charge in [-0.05, 0) is 61.9 Å². The molecule has 6 heteroatoms. The zero-order valence-corrected chi connectivity index (χ0v) is 19.0. The van der Waals surface area contributed by atoms with Crippen LogP contribution in [0.15, 0.2) is 72.8 Å². The maximum atomic E-state index is 12.7. The third-order valence-electron chi connectivity index (χ3n) is 4.95. The van der Waals surface area contributed by atoms with E-state index in [2.05, 4.69) is 17.2 Å². The molecule has 0 saturated heterocycles. The van der Waals surface area contributed by atoms with E-state index in [9.17, 15) is 4.79 Å². The van der Waals surface area contributed by atoms with E-state index in [0.29, 0.717) is 28.5 Å². The highest BCUT2D eigenvalue weighted by atomic mass is 32.1. The number of carbonyl (C=O) groups is 1. The van der Waals surface area contributed by atoms with E-state index in [1.54, 1.807) is 18.4 Å². The van der Waals surface area contributed by atoms with Crippen LogP contribution in [0.25, 0.3) is 11.3 Å². The molecular weight excluding hydrogens is 420 g/mol. The Morgan fingerprint density at radius 1 is 0.969 bits per heavy atom. The van der Waals surface area contributed by atoms with Crippen molar-refractivity contribution in [2.24, 2.45) is 0 Å². The molecule has 162 valence electrons. The SMILES string of the molecule is CCc1sc(C)nc1-c1ccc(C(=O)Nc2ccc(Oc3ccccc3OC)cc2)cc1. The van der Waals surface area contributed by atoms with Crippen LogP contribution >= 0.6 is 11.3 Å². The summed E-state index contributed by atoms with van der Waals surface area (Å²) in [5.41, 5.74) is 3.32. The van der Waals surface area contributed by atoms with E-state index in [1.165, 1.54) is 4.88 Å². The summed E-state index contributed by atoms with van der Waals surface area (Å²) in [7, 11) is 1.61. The van der Waals surface area contributed by atoms with Crippen LogP contribution in [0.4, 0.5) is 5.69 Å². The second-order valence-corrected chi connectivity index (χ2v) is 8.45. The van der Waals surface area contributed by atoms with E-state index in [4.69, 9.17) is 9.47 Å². The van der Waals surface area contributed by atoms with Gasteiger partial charge in [-0.15, -0.1) is 11.3 Å². The van der Waals surface area contributed by atoms with E-state index >= 15 is 0 Å². The van der Waals surface area contributed by atoms with Crippen LogP contribution in [0.1, 0.15) is 27.2 Å². The molecule has 1 heterocycles. The first-order valence-corrected chi connectivity index (χ1v) is 11.2. The molecule has 1 N–H and O–H groups in total. The molecule has 4 rings (SSSR count). The lowest BCUT2D eigenvalue weighted by Gasteiger charge is -2.11. The molecule has 0 aliphatic carbocycles. The van der Waals surface area contributed by atoms with E-state index in [1.807, 2.05) is 79.7 Å². The molecule has 0 aliphatic heterocycles. The van der Waals surface area contributed by atoms with Crippen LogP contribution in [0.2, 0.25) is 0 Å². The van der Waals surface area contributed by atoms with Gasteiger partial charge in [-0.3, -0.25) is 4.79 Å². The quantitative estimate of drug-likeness (QED) is 0.343. The second kappa shape index (κ2) is 9.66. The normalized spacial score (nSPS) is 10.6. The number of anilines is 1. The highest BCUT2D eigenvalue weighted by Gasteiger charge is 2.12. The lowest BCUT2D eigenvalue weighted by Crippen LogP contribution is -2.11. The molecule has 0 aliphatic rings. The maximum absolute atomic E-state index is 12.7. The van der Waals surface area contributed by atoms with Gasteiger partial charge in [0.05, 0.1) is 17.8 Å². The summed E-state index contributed by atoms with van der Waals surface area (Å²) in [5.74, 6) is 1.78.